The zero-order valence-corrected chi connectivity index (χ0v) is 14.7. The normalized spacial score (nSPS) is 19.0. The lowest BCUT2D eigenvalue weighted by Gasteiger charge is -2.33. The van der Waals surface area contributed by atoms with Gasteiger partial charge in [-0.15, -0.1) is 11.3 Å². The van der Waals surface area contributed by atoms with Crippen molar-refractivity contribution in [2.45, 2.75) is 46.2 Å². The molecule has 124 valence electrons. The third-order valence-corrected chi connectivity index (χ3v) is 5.37. The number of hydrogen-bond donors (Lipinski definition) is 1. The van der Waals surface area contributed by atoms with Gasteiger partial charge >= 0.3 is 0 Å². The Hall–Kier alpha value is -1.66. The van der Waals surface area contributed by atoms with Crippen LogP contribution in [0.3, 0.4) is 0 Å². The van der Waals surface area contributed by atoms with E-state index in [2.05, 4.69) is 15.4 Å². The molecule has 1 aliphatic rings. The molecular formula is C17H23N3O2S. The van der Waals surface area contributed by atoms with Crippen LogP contribution in [0.5, 0.6) is 0 Å². The predicted molar refractivity (Wildman–Crippen MR) is 90.8 cm³/mol. The van der Waals surface area contributed by atoms with Gasteiger partial charge in [-0.25, -0.2) is 0 Å². The van der Waals surface area contributed by atoms with Gasteiger partial charge in [-0.05, 0) is 52.3 Å². The summed E-state index contributed by atoms with van der Waals surface area (Å²) in [6.45, 7) is 8.72. The summed E-state index contributed by atoms with van der Waals surface area (Å²) in [7, 11) is 0. The van der Waals surface area contributed by atoms with Crippen LogP contribution in [0.2, 0.25) is 0 Å². The maximum atomic E-state index is 12.3. The van der Waals surface area contributed by atoms with Gasteiger partial charge in [0.2, 0.25) is 0 Å². The molecule has 1 amide bonds. The molecular weight excluding hydrogens is 310 g/mol. The summed E-state index contributed by atoms with van der Waals surface area (Å²) in [5.74, 6) is 0.940. The number of nitrogens with one attached hydrogen (secondary N) is 1. The number of rotatable bonds is 4. The third kappa shape index (κ3) is 3.82. The minimum absolute atomic E-state index is 0.0484. The van der Waals surface area contributed by atoms with Crippen LogP contribution in [-0.2, 0) is 6.54 Å². The first-order chi connectivity index (χ1) is 11.0. The number of thiophene rings is 1. The van der Waals surface area contributed by atoms with Crippen molar-refractivity contribution in [3.8, 4) is 0 Å². The highest BCUT2D eigenvalue weighted by atomic mass is 32.1. The molecule has 1 fully saturated rings. The maximum Gasteiger partial charge on any atom is 0.261 e. The highest BCUT2D eigenvalue weighted by Gasteiger charge is 2.24. The van der Waals surface area contributed by atoms with Gasteiger partial charge in [-0.3, -0.25) is 9.69 Å². The summed E-state index contributed by atoms with van der Waals surface area (Å²) in [6, 6.07) is 4.10. The van der Waals surface area contributed by atoms with Crippen LogP contribution in [-0.4, -0.2) is 35.1 Å². The number of likely N-dealkylation sites (tertiary alicyclic amines) is 1. The summed E-state index contributed by atoms with van der Waals surface area (Å²) in [6.07, 6.45) is 2.13. The van der Waals surface area contributed by atoms with Gasteiger partial charge < -0.3 is 9.84 Å². The van der Waals surface area contributed by atoms with Crippen LogP contribution < -0.4 is 5.32 Å². The van der Waals surface area contributed by atoms with E-state index >= 15 is 0 Å². The Morgan fingerprint density at radius 2 is 2.26 bits per heavy atom. The molecule has 6 heteroatoms. The molecule has 2 aromatic rings. The zero-order valence-electron chi connectivity index (χ0n) is 13.9. The van der Waals surface area contributed by atoms with Gasteiger partial charge in [-0.2, -0.15) is 0 Å². The van der Waals surface area contributed by atoms with E-state index in [9.17, 15) is 4.79 Å². The number of carbonyl (C=O) groups is 1. The smallest absolute Gasteiger partial charge is 0.261 e. The average Bonchev–Trinajstić information content (AvgIpc) is 3.09. The summed E-state index contributed by atoms with van der Waals surface area (Å²) in [5.41, 5.74) is 2.13. The Kier molecular flexibility index (Phi) is 4.82. The van der Waals surface area contributed by atoms with Gasteiger partial charge in [0.25, 0.3) is 5.91 Å². The third-order valence-electron chi connectivity index (χ3n) is 4.37. The molecule has 1 saturated heterocycles. The van der Waals surface area contributed by atoms with E-state index in [1.807, 2.05) is 32.9 Å². The molecule has 0 aliphatic carbocycles. The summed E-state index contributed by atoms with van der Waals surface area (Å²) < 4.78 is 5.24. The summed E-state index contributed by atoms with van der Waals surface area (Å²) >= 11 is 1.55. The molecule has 3 rings (SSSR count). The maximum absolute atomic E-state index is 12.3. The summed E-state index contributed by atoms with van der Waals surface area (Å²) in [5, 5.41) is 7.20. The summed E-state index contributed by atoms with van der Waals surface area (Å²) in [4.78, 5) is 16.7. The topological polar surface area (TPSA) is 58.4 Å². The van der Waals surface area contributed by atoms with Crippen molar-refractivity contribution >= 4 is 17.2 Å². The first-order valence-electron chi connectivity index (χ1n) is 8.04. The lowest BCUT2D eigenvalue weighted by atomic mass is 10.0. The van der Waals surface area contributed by atoms with Crippen LogP contribution in [0.1, 0.15) is 44.4 Å². The standard InChI is InChI=1S/C17H23N3O2S/c1-11-6-7-16(23-11)17(21)18-14-5-4-8-20(9-14)10-15-12(2)19-22-13(15)3/h6-7,14H,4-5,8-10H2,1-3H3,(H,18,21)/t14-/m0/s1. The van der Waals surface area contributed by atoms with E-state index in [0.29, 0.717) is 0 Å². The van der Waals surface area contributed by atoms with E-state index < -0.39 is 0 Å². The molecule has 0 aromatic carbocycles. The van der Waals surface area contributed by atoms with Crippen molar-refractivity contribution in [2.75, 3.05) is 13.1 Å². The SMILES string of the molecule is Cc1ccc(C(=O)N[C@H]2CCCN(Cc3c(C)noc3C)C2)s1. The molecule has 0 unspecified atom stereocenters. The van der Waals surface area contributed by atoms with E-state index in [-0.39, 0.29) is 11.9 Å². The van der Waals surface area contributed by atoms with E-state index in [1.54, 1.807) is 11.3 Å². The number of hydrogen-bond acceptors (Lipinski definition) is 5. The molecule has 1 aliphatic heterocycles. The van der Waals surface area contributed by atoms with Gasteiger partial charge in [0.05, 0.1) is 10.6 Å². The second-order valence-corrected chi connectivity index (χ2v) is 7.55. The average molecular weight is 333 g/mol. The largest absolute Gasteiger partial charge is 0.361 e. The molecule has 3 heterocycles. The van der Waals surface area contributed by atoms with E-state index in [0.717, 1.165) is 48.8 Å². The number of carbonyl (C=O) groups excluding carboxylic acids is 1. The molecule has 0 saturated carbocycles. The number of aromatic nitrogens is 1. The van der Waals surface area contributed by atoms with Crippen molar-refractivity contribution in [1.82, 2.24) is 15.4 Å². The first kappa shape index (κ1) is 16.2. The fraction of sp³-hybridized carbons (Fsp3) is 0.529. The second-order valence-electron chi connectivity index (χ2n) is 6.26. The quantitative estimate of drug-likeness (QED) is 0.934. The number of nitrogens with zero attached hydrogens (tertiary/aromatic N) is 2. The van der Waals surface area contributed by atoms with Crippen molar-refractivity contribution in [3.63, 3.8) is 0 Å². The van der Waals surface area contributed by atoms with Crippen LogP contribution in [0.15, 0.2) is 16.7 Å². The van der Waals surface area contributed by atoms with Gasteiger partial charge in [0.1, 0.15) is 5.76 Å². The highest BCUT2D eigenvalue weighted by Crippen LogP contribution is 2.20. The van der Waals surface area contributed by atoms with Crippen molar-refractivity contribution in [3.05, 3.63) is 38.9 Å². The van der Waals surface area contributed by atoms with Crippen LogP contribution in [0.25, 0.3) is 0 Å². The molecule has 0 radical (unpaired) electrons. The lowest BCUT2D eigenvalue weighted by Crippen LogP contribution is -2.47. The Balaban J connectivity index is 1.59. The minimum Gasteiger partial charge on any atom is -0.361 e. The molecule has 2 aromatic heterocycles. The number of piperidine rings is 1. The first-order valence-corrected chi connectivity index (χ1v) is 8.86. The van der Waals surface area contributed by atoms with Crippen LogP contribution >= 0.6 is 11.3 Å². The minimum atomic E-state index is 0.0484. The molecule has 0 spiro atoms. The predicted octanol–water partition coefficient (Wildman–Crippen LogP) is 3.06. The van der Waals surface area contributed by atoms with Gasteiger partial charge in [-0.1, -0.05) is 5.16 Å². The highest BCUT2D eigenvalue weighted by molar-refractivity contribution is 7.13. The Morgan fingerprint density at radius 1 is 1.43 bits per heavy atom. The second kappa shape index (κ2) is 6.84. The molecule has 0 bridgehead atoms. The van der Waals surface area contributed by atoms with Crippen LogP contribution in [0.4, 0.5) is 0 Å². The van der Waals surface area contributed by atoms with Crippen LogP contribution in [0, 0.1) is 20.8 Å². The Morgan fingerprint density at radius 3 is 2.91 bits per heavy atom. The van der Waals surface area contributed by atoms with Crippen molar-refractivity contribution in [2.24, 2.45) is 0 Å². The molecule has 23 heavy (non-hydrogen) atoms. The molecule has 1 atom stereocenters. The Labute approximate surface area is 140 Å². The van der Waals surface area contributed by atoms with E-state index in [4.69, 9.17) is 4.52 Å². The zero-order chi connectivity index (χ0) is 16.4. The van der Waals surface area contributed by atoms with Gasteiger partial charge in [0.15, 0.2) is 0 Å². The molecule has 5 nitrogen and oxygen atoms in total. The van der Waals surface area contributed by atoms with E-state index in [1.165, 1.54) is 10.4 Å². The Bertz CT molecular complexity index is 672. The lowest BCUT2D eigenvalue weighted by molar-refractivity contribution is 0.0904. The van der Waals surface area contributed by atoms with Gasteiger partial charge in [0, 0.05) is 29.6 Å². The monoisotopic (exact) mass is 333 g/mol. The number of aryl methyl sites for hydroxylation is 3. The number of amides is 1. The fourth-order valence-electron chi connectivity index (χ4n) is 3.08. The van der Waals surface area contributed by atoms with Crippen molar-refractivity contribution < 1.29 is 9.32 Å². The fourth-order valence-corrected chi connectivity index (χ4v) is 3.85. The molecule has 1 N–H and O–H groups in total. The van der Waals surface area contributed by atoms with Crippen molar-refractivity contribution in [1.29, 1.82) is 0 Å².